The number of hydrogen-bond acceptors (Lipinski definition) is 2. The Morgan fingerprint density at radius 3 is 2.63 bits per heavy atom. The summed E-state index contributed by atoms with van der Waals surface area (Å²) in [6, 6.07) is 22.2. The Hall–Kier alpha value is -3.27. The fourth-order valence-electron chi connectivity index (χ4n) is 3.76. The molecule has 0 bridgehead atoms. The fourth-order valence-corrected chi connectivity index (χ4v) is 3.76. The van der Waals surface area contributed by atoms with Crippen LogP contribution < -0.4 is 4.74 Å². The molecule has 4 nitrogen and oxygen atoms in total. The molecule has 1 amide bonds. The Morgan fingerprint density at radius 1 is 1.13 bits per heavy atom. The van der Waals surface area contributed by atoms with Crippen LogP contribution in [-0.2, 0) is 17.9 Å². The number of nitrogens with zero attached hydrogens (tertiary/aromatic N) is 2. The van der Waals surface area contributed by atoms with Gasteiger partial charge in [-0.15, -0.1) is 6.58 Å². The van der Waals surface area contributed by atoms with Crippen molar-refractivity contribution in [2.75, 3.05) is 13.7 Å². The van der Waals surface area contributed by atoms with Crippen LogP contribution in [0.3, 0.4) is 0 Å². The van der Waals surface area contributed by atoms with Crippen LogP contribution in [0.5, 0.6) is 5.75 Å². The van der Waals surface area contributed by atoms with Crippen LogP contribution in [0.1, 0.15) is 36.1 Å². The van der Waals surface area contributed by atoms with E-state index >= 15 is 0 Å². The Balaban J connectivity index is 1.79. The summed E-state index contributed by atoms with van der Waals surface area (Å²) >= 11 is 0. The molecule has 0 saturated heterocycles. The highest BCUT2D eigenvalue weighted by molar-refractivity contribution is 5.83. The summed E-state index contributed by atoms with van der Waals surface area (Å²) in [5.41, 5.74) is 3.31. The zero-order valence-electron chi connectivity index (χ0n) is 17.8. The summed E-state index contributed by atoms with van der Waals surface area (Å²) in [7, 11) is 1.68. The number of hydrogen-bond donors (Lipinski definition) is 0. The molecule has 3 rings (SSSR count). The highest BCUT2D eigenvalue weighted by Crippen LogP contribution is 2.23. The number of ether oxygens (including phenoxy) is 1. The molecule has 1 heterocycles. The third kappa shape index (κ3) is 5.20. The van der Waals surface area contributed by atoms with Gasteiger partial charge in [-0.25, -0.2) is 0 Å². The van der Waals surface area contributed by atoms with Crippen molar-refractivity contribution in [1.29, 1.82) is 0 Å². The number of benzene rings is 2. The second kappa shape index (κ2) is 10.5. The van der Waals surface area contributed by atoms with Gasteiger partial charge in [0, 0.05) is 25.0 Å². The second-order valence-corrected chi connectivity index (χ2v) is 7.36. The summed E-state index contributed by atoms with van der Waals surface area (Å²) in [5.74, 6) is 0.837. The quantitative estimate of drug-likeness (QED) is 0.434. The molecule has 0 unspecified atom stereocenters. The molecule has 0 aliphatic heterocycles. The van der Waals surface area contributed by atoms with Crippen LogP contribution >= 0.6 is 0 Å². The van der Waals surface area contributed by atoms with Gasteiger partial charge in [0.15, 0.2) is 0 Å². The molecule has 1 atom stereocenters. The Labute approximate surface area is 179 Å². The first-order chi connectivity index (χ1) is 14.7. The number of carbonyl (C=O) groups is 1. The zero-order chi connectivity index (χ0) is 21.3. The normalized spacial score (nSPS) is 11.7. The predicted octanol–water partition coefficient (Wildman–Crippen LogP) is 5.25. The molecule has 3 aromatic rings. The smallest absolute Gasteiger partial charge is 0.230 e. The van der Waals surface area contributed by atoms with Gasteiger partial charge in [0.1, 0.15) is 5.75 Å². The molecule has 4 heteroatoms. The molecule has 0 N–H and O–H groups in total. The molecular formula is C26H30N2O2. The maximum Gasteiger partial charge on any atom is 0.230 e. The number of amides is 1. The lowest BCUT2D eigenvalue weighted by Crippen LogP contribution is -2.35. The molecule has 0 fully saturated rings. The number of methoxy groups -OCH3 is 1. The van der Waals surface area contributed by atoms with Crippen LogP contribution in [0.4, 0.5) is 0 Å². The first kappa shape index (κ1) is 21.4. The average Bonchev–Trinajstić information content (AvgIpc) is 3.21. The molecule has 0 saturated carbocycles. The molecule has 156 valence electrons. The van der Waals surface area contributed by atoms with Crippen molar-refractivity contribution in [1.82, 2.24) is 9.47 Å². The standard InChI is InChI=1S/C26H30N2O2/c1-4-16-28(26(29)25(5-2)22-12-7-6-8-13-22)20-23-14-10-17-27(23)19-21-11-9-15-24(18-21)30-3/h4,6-15,17-18,25H,1,5,16,19-20H2,2-3H3/t25-/m0/s1. The molecule has 0 aliphatic rings. The minimum Gasteiger partial charge on any atom is -0.497 e. The van der Waals surface area contributed by atoms with E-state index in [0.29, 0.717) is 13.1 Å². The van der Waals surface area contributed by atoms with Gasteiger partial charge in [-0.1, -0.05) is 55.5 Å². The van der Waals surface area contributed by atoms with Crippen LogP contribution in [0.25, 0.3) is 0 Å². The molecule has 30 heavy (non-hydrogen) atoms. The van der Waals surface area contributed by atoms with Gasteiger partial charge in [0.25, 0.3) is 0 Å². The maximum absolute atomic E-state index is 13.4. The predicted molar refractivity (Wildman–Crippen MR) is 122 cm³/mol. The van der Waals surface area contributed by atoms with Gasteiger partial charge >= 0.3 is 0 Å². The minimum absolute atomic E-state index is 0.137. The summed E-state index contributed by atoms with van der Waals surface area (Å²) in [4.78, 5) is 15.3. The van der Waals surface area contributed by atoms with E-state index in [9.17, 15) is 4.79 Å². The van der Waals surface area contributed by atoms with E-state index in [2.05, 4.69) is 36.4 Å². The lowest BCUT2D eigenvalue weighted by Gasteiger charge is -2.27. The van der Waals surface area contributed by atoms with E-state index < -0.39 is 0 Å². The number of carbonyl (C=O) groups excluding carboxylic acids is 1. The minimum atomic E-state index is -0.145. The number of rotatable bonds is 10. The van der Waals surface area contributed by atoms with E-state index in [-0.39, 0.29) is 11.8 Å². The Morgan fingerprint density at radius 2 is 1.93 bits per heavy atom. The molecule has 1 aromatic heterocycles. The number of aromatic nitrogens is 1. The summed E-state index contributed by atoms with van der Waals surface area (Å²) in [5, 5.41) is 0. The van der Waals surface area contributed by atoms with E-state index in [0.717, 1.165) is 35.5 Å². The highest BCUT2D eigenvalue weighted by Gasteiger charge is 2.24. The van der Waals surface area contributed by atoms with E-state index in [1.54, 1.807) is 13.2 Å². The molecule has 0 radical (unpaired) electrons. The third-order valence-corrected chi connectivity index (χ3v) is 5.33. The SMILES string of the molecule is C=CCN(Cc1cccn1Cc1cccc(OC)c1)C(=O)[C@@H](CC)c1ccccc1. The van der Waals surface area contributed by atoms with Crippen molar-refractivity contribution >= 4 is 5.91 Å². The van der Waals surface area contributed by atoms with Gasteiger partial charge in [0.2, 0.25) is 5.91 Å². The molecule has 0 spiro atoms. The van der Waals surface area contributed by atoms with Crippen molar-refractivity contribution < 1.29 is 9.53 Å². The van der Waals surface area contributed by atoms with Crippen molar-refractivity contribution in [2.24, 2.45) is 0 Å². The average molecular weight is 403 g/mol. The van der Waals surface area contributed by atoms with E-state index in [4.69, 9.17) is 4.74 Å². The summed E-state index contributed by atoms with van der Waals surface area (Å²) < 4.78 is 7.52. The summed E-state index contributed by atoms with van der Waals surface area (Å²) in [6.45, 7) is 7.72. The first-order valence-corrected chi connectivity index (χ1v) is 10.4. The monoisotopic (exact) mass is 402 g/mol. The van der Waals surface area contributed by atoms with Crippen molar-refractivity contribution in [2.45, 2.75) is 32.4 Å². The highest BCUT2D eigenvalue weighted by atomic mass is 16.5. The summed E-state index contributed by atoms with van der Waals surface area (Å²) in [6.07, 6.45) is 4.62. The van der Waals surface area contributed by atoms with Crippen molar-refractivity contribution in [3.63, 3.8) is 0 Å². The zero-order valence-corrected chi connectivity index (χ0v) is 17.8. The van der Waals surface area contributed by atoms with Gasteiger partial charge in [-0.3, -0.25) is 4.79 Å². The Bertz CT molecular complexity index is 962. The molecular weight excluding hydrogens is 372 g/mol. The Kier molecular flexibility index (Phi) is 7.50. The van der Waals surface area contributed by atoms with Crippen LogP contribution in [0.2, 0.25) is 0 Å². The topological polar surface area (TPSA) is 34.5 Å². The van der Waals surface area contributed by atoms with Gasteiger partial charge < -0.3 is 14.2 Å². The molecule has 2 aromatic carbocycles. The second-order valence-electron chi connectivity index (χ2n) is 7.36. The maximum atomic E-state index is 13.4. The lowest BCUT2D eigenvalue weighted by molar-refractivity contribution is -0.133. The van der Waals surface area contributed by atoms with Gasteiger partial charge in [-0.05, 0) is 41.8 Å². The van der Waals surface area contributed by atoms with Crippen LogP contribution in [0.15, 0.2) is 85.6 Å². The van der Waals surface area contributed by atoms with Crippen LogP contribution in [-0.4, -0.2) is 29.0 Å². The third-order valence-electron chi connectivity index (χ3n) is 5.33. The van der Waals surface area contributed by atoms with Gasteiger partial charge in [0.05, 0.1) is 19.6 Å². The van der Waals surface area contributed by atoms with Crippen LogP contribution in [0, 0.1) is 0 Å². The van der Waals surface area contributed by atoms with E-state index in [1.807, 2.05) is 59.5 Å². The van der Waals surface area contributed by atoms with Crippen molar-refractivity contribution in [3.8, 4) is 5.75 Å². The molecule has 0 aliphatic carbocycles. The lowest BCUT2D eigenvalue weighted by atomic mass is 9.95. The fraction of sp³-hybridized carbons (Fsp3) is 0.269. The largest absolute Gasteiger partial charge is 0.497 e. The van der Waals surface area contributed by atoms with Crippen molar-refractivity contribution in [3.05, 3.63) is 102 Å². The van der Waals surface area contributed by atoms with Gasteiger partial charge in [-0.2, -0.15) is 0 Å². The first-order valence-electron chi connectivity index (χ1n) is 10.4. The van der Waals surface area contributed by atoms with E-state index in [1.165, 1.54) is 0 Å².